The van der Waals surface area contributed by atoms with Crippen LogP contribution in [0.3, 0.4) is 0 Å². The zero-order valence-corrected chi connectivity index (χ0v) is 12.7. The lowest BCUT2D eigenvalue weighted by Gasteiger charge is -2.33. The van der Waals surface area contributed by atoms with Gasteiger partial charge in [-0.05, 0) is 39.5 Å². The van der Waals surface area contributed by atoms with Gasteiger partial charge in [-0.2, -0.15) is 0 Å². The summed E-state index contributed by atoms with van der Waals surface area (Å²) in [6, 6.07) is 0. The van der Waals surface area contributed by atoms with E-state index >= 15 is 0 Å². The molecule has 1 fully saturated rings. The van der Waals surface area contributed by atoms with E-state index < -0.39 is 0 Å². The lowest BCUT2D eigenvalue weighted by atomic mass is 10.0. The summed E-state index contributed by atoms with van der Waals surface area (Å²) in [6.45, 7) is 13.0. The molecule has 0 radical (unpaired) electrons. The highest BCUT2D eigenvalue weighted by Gasteiger charge is 2.18. The Kier molecular flexibility index (Phi) is 5.93. The van der Waals surface area contributed by atoms with Crippen LogP contribution in [0.5, 0.6) is 0 Å². The second-order valence-electron chi connectivity index (χ2n) is 6.34. The van der Waals surface area contributed by atoms with Gasteiger partial charge in [-0.3, -0.25) is 4.99 Å². The summed E-state index contributed by atoms with van der Waals surface area (Å²) in [4.78, 5) is 6.76. The lowest BCUT2D eigenvalue weighted by Crippen LogP contribution is -2.48. The molecule has 1 aliphatic rings. The monoisotopic (exact) mass is 254 g/mol. The summed E-state index contributed by atoms with van der Waals surface area (Å²) in [7, 11) is 1.87. The van der Waals surface area contributed by atoms with Gasteiger partial charge in [0.05, 0.1) is 0 Å². The third-order valence-electron chi connectivity index (χ3n) is 3.23. The van der Waals surface area contributed by atoms with Gasteiger partial charge in [-0.25, -0.2) is 0 Å². The van der Waals surface area contributed by atoms with Crippen LogP contribution in [-0.4, -0.2) is 49.6 Å². The van der Waals surface area contributed by atoms with Gasteiger partial charge in [0.1, 0.15) is 0 Å². The van der Waals surface area contributed by atoms with Crippen LogP contribution in [-0.2, 0) is 0 Å². The van der Waals surface area contributed by atoms with E-state index in [1.165, 1.54) is 12.8 Å². The van der Waals surface area contributed by atoms with E-state index in [4.69, 9.17) is 0 Å². The van der Waals surface area contributed by atoms with E-state index in [9.17, 15) is 0 Å². The summed E-state index contributed by atoms with van der Waals surface area (Å²) < 4.78 is 0. The van der Waals surface area contributed by atoms with Gasteiger partial charge in [0.2, 0.25) is 0 Å². The molecule has 1 rings (SSSR count). The molecule has 2 N–H and O–H groups in total. The minimum absolute atomic E-state index is 0.185. The Labute approximate surface area is 112 Å². The molecule has 106 valence electrons. The maximum absolute atomic E-state index is 4.38. The van der Waals surface area contributed by atoms with Crippen molar-refractivity contribution >= 4 is 5.96 Å². The molecular formula is C14H30N4. The highest BCUT2D eigenvalue weighted by Crippen LogP contribution is 2.15. The molecule has 1 atom stereocenters. The molecule has 0 bridgehead atoms. The first-order chi connectivity index (χ1) is 8.42. The summed E-state index contributed by atoms with van der Waals surface area (Å²) in [5, 5.41) is 6.92. The molecule has 0 saturated carbocycles. The van der Waals surface area contributed by atoms with Crippen molar-refractivity contribution in [3.8, 4) is 0 Å². The van der Waals surface area contributed by atoms with Crippen molar-refractivity contribution in [3.63, 3.8) is 0 Å². The van der Waals surface area contributed by atoms with Gasteiger partial charge >= 0.3 is 0 Å². The highest BCUT2D eigenvalue weighted by atomic mass is 15.3. The number of nitrogens with one attached hydrogen (secondary N) is 2. The maximum Gasteiger partial charge on any atom is 0.193 e. The Morgan fingerprint density at radius 1 is 1.33 bits per heavy atom. The van der Waals surface area contributed by atoms with Crippen LogP contribution in [0, 0.1) is 5.92 Å². The normalized spacial score (nSPS) is 22.2. The third kappa shape index (κ3) is 5.71. The molecule has 0 aromatic heterocycles. The van der Waals surface area contributed by atoms with Crippen LogP contribution in [0.1, 0.15) is 40.5 Å². The van der Waals surface area contributed by atoms with E-state index in [1.807, 2.05) is 7.05 Å². The summed E-state index contributed by atoms with van der Waals surface area (Å²) in [6.07, 6.45) is 2.63. The fourth-order valence-corrected chi connectivity index (χ4v) is 2.33. The van der Waals surface area contributed by atoms with Crippen LogP contribution >= 0.6 is 0 Å². The molecule has 0 aromatic carbocycles. The van der Waals surface area contributed by atoms with E-state index in [1.54, 1.807) is 0 Å². The Balaban J connectivity index is 2.30. The number of aliphatic imine (C=N–C) groups is 1. The molecule has 0 spiro atoms. The molecule has 18 heavy (non-hydrogen) atoms. The van der Waals surface area contributed by atoms with E-state index in [2.05, 4.69) is 48.2 Å². The van der Waals surface area contributed by atoms with Crippen molar-refractivity contribution in [1.82, 2.24) is 15.5 Å². The molecule has 1 saturated heterocycles. The van der Waals surface area contributed by atoms with Gasteiger partial charge in [0.15, 0.2) is 5.96 Å². The standard InChI is InChI=1S/C14H30N4/c1-12-7-6-10-18(11-12)13(15-5)16-8-9-17-14(2,3)4/h12,17H,6-11H2,1-5H3,(H,15,16). The molecule has 4 nitrogen and oxygen atoms in total. The number of rotatable bonds is 3. The first-order valence-electron chi connectivity index (χ1n) is 7.13. The van der Waals surface area contributed by atoms with E-state index in [-0.39, 0.29) is 5.54 Å². The SMILES string of the molecule is CN=C(NCCNC(C)(C)C)N1CCCC(C)C1. The number of hydrogen-bond acceptors (Lipinski definition) is 2. The number of nitrogens with zero attached hydrogens (tertiary/aromatic N) is 2. The molecule has 0 amide bonds. The third-order valence-corrected chi connectivity index (χ3v) is 3.23. The second kappa shape index (κ2) is 6.98. The van der Waals surface area contributed by atoms with Crippen molar-refractivity contribution in [2.75, 3.05) is 33.2 Å². The first-order valence-corrected chi connectivity index (χ1v) is 7.13. The average molecular weight is 254 g/mol. The summed E-state index contributed by atoms with van der Waals surface area (Å²) in [5.74, 6) is 1.84. The van der Waals surface area contributed by atoms with Gasteiger partial charge in [-0.15, -0.1) is 0 Å². The maximum atomic E-state index is 4.38. The topological polar surface area (TPSA) is 39.7 Å². The Morgan fingerprint density at radius 2 is 2.06 bits per heavy atom. The Hall–Kier alpha value is -0.770. The van der Waals surface area contributed by atoms with E-state index in [0.717, 1.165) is 38.1 Å². The Bertz CT molecular complexity index is 267. The van der Waals surface area contributed by atoms with Crippen molar-refractivity contribution in [2.45, 2.75) is 46.1 Å². The van der Waals surface area contributed by atoms with Crippen LogP contribution in [0.4, 0.5) is 0 Å². The predicted molar refractivity (Wildman–Crippen MR) is 79.1 cm³/mol. The molecule has 1 aliphatic heterocycles. The molecule has 1 unspecified atom stereocenters. The average Bonchev–Trinajstić information content (AvgIpc) is 2.27. The van der Waals surface area contributed by atoms with Gasteiger partial charge in [0, 0.05) is 38.8 Å². The minimum Gasteiger partial charge on any atom is -0.355 e. The summed E-state index contributed by atoms with van der Waals surface area (Å²) >= 11 is 0. The fourth-order valence-electron chi connectivity index (χ4n) is 2.33. The van der Waals surface area contributed by atoms with Crippen LogP contribution < -0.4 is 10.6 Å². The number of piperidine rings is 1. The Morgan fingerprint density at radius 3 is 2.61 bits per heavy atom. The van der Waals surface area contributed by atoms with Gasteiger partial charge < -0.3 is 15.5 Å². The van der Waals surface area contributed by atoms with Crippen molar-refractivity contribution in [2.24, 2.45) is 10.9 Å². The zero-order valence-electron chi connectivity index (χ0n) is 12.7. The van der Waals surface area contributed by atoms with Gasteiger partial charge in [0.25, 0.3) is 0 Å². The van der Waals surface area contributed by atoms with Crippen LogP contribution in [0.2, 0.25) is 0 Å². The molecular weight excluding hydrogens is 224 g/mol. The fraction of sp³-hybridized carbons (Fsp3) is 0.929. The highest BCUT2D eigenvalue weighted by molar-refractivity contribution is 5.79. The lowest BCUT2D eigenvalue weighted by molar-refractivity contribution is 0.266. The molecule has 1 heterocycles. The van der Waals surface area contributed by atoms with Crippen molar-refractivity contribution < 1.29 is 0 Å². The van der Waals surface area contributed by atoms with Crippen molar-refractivity contribution in [1.29, 1.82) is 0 Å². The number of likely N-dealkylation sites (tertiary alicyclic amines) is 1. The summed E-state index contributed by atoms with van der Waals surface area (Å²) in [5.41, 5.74) is 0.185. The molecule has 4 heteroatoms. The predicted octanol–water partition coefficient (Wildman–Crippen LogP) is 1.68. The smallest absolute Gasteiger partial charge is 0.193 e. The number of guanidine groups is 1. The van der Waals surface area contributed by atoms with Crippen molar-refractivity contribution in [3.05, 3.63) is 0 Å². The van der Waals surface area contributed by atoms with Crippen LogP contribution in [0.25, 0.3) is 0 Å². The van der Waals surface area contributed by atoms with E-state index in [0.29, 0.717) is 0 Å². The minimum atomic E-state index is 0.185. The quantitative estimate of drug-likeness (QED) is 0.457. The molecule has 0 aliphatic carbocycles. The van der Waals surface area contributed by atoms with Crippen LogP contribution in [0.15, 0.2) is 4.99 Å². The molecule has 0 aromatic rings. The largest absolute Gasteiger partial charge is 0.355 e. The number of hydrogen-bond donors (Lipinski definition) is 2. The zero-order chi connectivity index (χ0) is 13.6. The van der Waals surface area contributed by atoms with Gasteiger partial charge in [-0.1, -0.05) is 6.92 Å². The first kappa shape index (κ1) is 15.3. The second-order valence-corrected chi connectivity index (χ2v) is 6.34.